The van der Waals surface area contributed by atoms with Gasteiger partial charge >= 0.3 is 35.8 Å². The fourth-order valence-corrected chi connectivity index (χ4v) is 4.35. The Balaban J connectivity index is 1.04. The summed E-state index contributed by atoms with van der Waals surface area (Å²) < 4.78 is 40.8. The SMILES string of the molecule is O=C(O)C(=O)O[C@H]1CO[C@H]2[C@@H]1OC[C@H]2OC(=O)C(=O)OOCCCCOC(=O)C(=O)OC1CO[C@@H]2C(O)CO[C@H]12. The van der Waals surface area contributed by atoms with Crippen molar-refractivity contribution in [1.29, 1.82) is 0 Å². The van der Waals surface area contributed by atoms with Crippen molar-refractivity contribution < 1.29 is 86.7 Å². The lowest BCUT2D eigenvalue weighted by Gasteiger charge is -2.16. The van der Waals surface area contributed by atoms with Gasteiger partial charge in [0.05, 0.1) is 39.6 Å². The zero-order valence-electron chi connectivity index (χ0n) is 20.7. The van der Waals surface area contributed by atoms with Gasteiger partial charge in [0.25, 0.3) is 0 Å². The lowest BCUT2D eigenvalue weighted by Crippen LogP contribution is -2.38. The lowest BCUT2D eigenvalue weighted by molar-refractivity contribution is -0.273. The minimum atomic E-state index is -1.79. The van der Waals surface area contributed by atoms with Gasteiger partial charge in [0, 0.05) is 0 Å². The molecule has 0 spiro atoms. The zero-order valence-corrected chi connectivity index (χ0v) is 20.7. The number of hydrogen-bond acceptors (Lipinski definition) is 17. The summed E-state index contributed by atoms with van der Waals surface area (Å²) in [4.78, 5) is 78.3. The normalized spacial score (nSPS) is 32.0. The first-order valence-corrected chi connectivity index (χ1v) is 12.2. The molecule has 4 heterocycles. The van der Waals surface area contributed by atoms with Crippen LogP contribution in [0.1, 0.15) is 12.8 Å². The maximum atomic E-state index is 12.0. The molecular weight excluding hydrogens is 552 g/mol. The number of aliphatic hydroxyl groups is 1. The topological polar surface area (TPSA) is 235 Å². The maximum Gasteiger partial charge on any atom is 0.449 e. The van der Waals surface area contributed by atoms with Gasteiger partial charge < -0.3 is 48.1 Å². The molecule has 4 aliphatic rings. The molecule has 2 unspecified atom stereocenters. The summed E-state index contributed by atoms with van der Waals surface area (Å²) in [7, 11) is 0. The molecule has 40 heavy (non-hydrogen) atoms. The molecule has 0 bridgehead atoms. The van der Waals surface area contributed by atoms with Crippen LogP contribution < -0.4 is 0 Å². The van der Waals surface area contributed by atoms with Gasteiger partial charge in [0.2, 0.25) is 0 Å². The number of fused-ring (bicyclic) bond motifs is 2. The number of carboxylic acids is 1. The van der Waals surface area contributed by atoms with E-state index in [-0.39, 0.29) is 52.5 Å². The molecule has 0 radical (unpaired) electrons. The quantitative estimate of drug-likeness (QED) is 0.0676. The Morgan fingerprint density at radius 2 is 1.07 bits per heavy atom. The number of carbonyl (C=O) groups excluding carboxylic acids is 5. The van der Waals surface area contributed by atoms with Crippen LogP contribution >= 0.6 is 0 Å². The fraction of sp³-hybridized carbons (Fsp3) is 0.727. The van der Waals surface area contributed by atoms with Crippen molar-refractivity contribution in [2.75, 3.05) is 39.6 Å². The minimum Gasteiger partial charge on any atom is -0.473 e. The number of ether oxygens (including phenoxy) is 8. The number of hydrogen-bond donors (Lipinski definition) is 2. The van der Waals surface area contributed by atoms with E-state index in [1.54, 1.807) is 0 Å². The number of rotatable bonds is 9. The van der Waals surface area contributed by atoms with Crippen LogP contribution in [0.15, 0.2) is 0 Å². The van der Waals surface area contributed by atoms with Crippen molar-refractivity contribution in [3.05, 3.63) is 0 Å². The van der Waals surface area contributed by atoms with E-state index in [4.69, 9.17) is 43.0 Å². The highest BCUT2D eigenvalue weighted by atomic mass is 17.2. The predicted octanol–water partition coefficient (Wildman–Crippen LogP) is -3.44. The summed E-state index contributed by atoms with van der Waals surface area (Å²) >= 11 is 0. The first kappa shape index (κ1) is 29.6. The summed E-state index contributed by atoms with van der Waals surface area (Å²) in [5, 5.41) is 18.3. The predicted molar refractivity (Wildman–Crippen MR) is 114 cm³/mol. The van der Waals surface area contributed by atoms with Gasteiger partial charge in [-0.3, -0.25) is 4.89 Å². The van der Waals surface area contributed by atoms with E-state index < -0.39 is 84.6 Å². The molecule has 18 nitrogen and oxygen atoms in total. The molecule has 4 rings (SSSR count). The van der Waals surface area contributed by atoms with Gasteiger partial charge in [-0.1, -0.05) is 0 Å². The zero-order chi connectivity index (χ0) is 28.8. The summed E-state index contributed by atoms with van der Waals surface area (Å²) in [6, 6.07) is 0. The first-order valence-electron chi connectivity index (χ1n) is 12.2. The second-order valence-electron chi connectivity index (χ2n) is 8.93. The third-order valence-electron chi connectivity index (χ3n) is 6.22. The standard InChI is InChI=1S/C22H26O18/c23-9-5-32-14-10(6-33-13(9)14)38-20(28)19(27)31-3-1-2-4-36-40-22(30)21(29)39-12-8-35-15-11(7-34-16(12)15)37-18(26)17(24)25/h9-16,23H,1-8H2,(H,24,25)/t9?,10?,11-,12+,13+,14+,15+,16+/m0/s1. The Labute approximate surface area is 224 Å². The van der Waals surface area contributed by atoms with Gasteiger partial charge in [-0.15, -0.1) is 0 Å². The monoisotopic (exact) mass is 578 g/mol. The average Bonchev–Trinajstić information content (AvgIpc) is 3.69. The van der Waals surface area contributed by atoms with E-state index in [0.29, 0.717) is 0 Å². The van der Waals surface area contributed by atoms with Crippen molar-refractivity contribution in [3.63, 3.8) is 0 Å². The molecule has 4 aliphatic heterocycles. The van der Waals surface area contributed by atoms with E-state index in [2.05, 4.69) is 9.78 Å². The molecule has 18 heteroatoms. The van der Waals surface area contributed by atoms with Crippen LogP contribution in [0.3, 0.4) is 0 Å². The minimum absolute atomic E-state index is 0.0233. The van der Waals surface area contributed by atoms with Crippen LogP contribution in [-0.2, 0) is 76.4 Å². The maximum absolute atomic E-state index is 12.0. The smallest absolute Gasteiger partial charge is 0.449 e. The Morgan fingerprint density at radius 3 is 1.68 bits per heavy atom. The summed E-state index contributed by atoms with van der Waals surface area (Å²) in [6.07, 6.45) is -6.38. The third kappa shape index (κ3) is 7.01. The van der Waals surface area contributed by atoms with Gasteiger partial charge in [-0.05, 0) is 12.8 Å². The Morgan fingerprint density at radius 1 is 0.600 bits per heavy atom. The van der Waals surface area contributed by atoms with Crippen LogP contribution in [0.2, 0.25) is 0 Å². The van der Waals surface area contributed by atoms with Crippen molar-refractivity contribution in [1.82, 2.24) is 0 Å². The second-order valence-corrected chi connectivity index (χ2v) is 8.93. The fourth-order valence-electron chi connectivity index (χ4n) is 4.35. The van der Waals surface area contributed by atoms with Gasteiger partial charge in [-0.25, -0.2) is 28.8 Å². The summed E-state index contributed by atoms with van der Waals surface area (Å²) in [5.41, 5.74) is 0. The third-order valence-corrected chi connectivity index (χ3v) is 6.22. The molecule has 0 aromatic rings. The second kappa shape index (κ2) is 13.3. The van der Waals surface area contributed by atoms with Crippen LogP contribution in [0.5, 0.6) is 0 Å². The average molecular weight is 578 g/mol. The molecular formula is C22H26O18. The summed E-state index contributed by atoms with van der Waals surface area (Å²) in [6.45, 7) is -0.735. The molecule has 4 saturated heterocycles. The number of carboxylic acid groups (broad SMARTS) is 1. The lowest BCUT2D eigenvalue weighted by atomic mass is 10.1. The molecule has 0 aromatic heterocycles. The van der Waals surface area contributed by atoms with Crippen molar-refractivity contribution in [3.8, 4) is 0 Å². The van der Waals surface area contributed by atoms with E-state index in [1.807, 2.05) is 0 Å². The van der Waals surface area contributed by atoms with Crippen LogP contribution in [-0.4, -0.2) is 135 Å². The highest BCUT2D eigenvalue weighted by Gasteiger charge is 2.52. The molecule has 0 aliphatic carbocycles. The number of unbranched alkanes of at least 4 members (excludes halogenated alkanes) is 1. The van der Waals surface area contributed by atoms with Gasteiger partial charge in [-0.2, -0.15) is 4.89 Å². The van der Waals surface area contributed by atoms with E-state index in [9.17, 15) is 33.9 Å². The highest BCUT2D eigenvalue weighted by molar-refractivity contribution is 6.30. The number of aliphatic hydroxyl groups excluding tert-OH is 1. The van der Waals surface area contributed by atoms with Gasteiger partial charge in [0.1, 0.15) is 30.5 Å². The van der Waals surface area contributed by atoms with Crippen molar-refractivity contribution >= 4 is 35.8 Å². The molecule has 4 fully saturated rings. The van der Waals surface area contributed by atoms with E-state index in [1.165, 1.54) is 0 Å². The Bertz CT molecular complexity index is 996. The Kier molecular flexibility index (Phi) is 9.82. The molecule has 0 aromatic carbocycles. The van der Waals surface area contributed by atoms with Crippen LogP contribution in [0.25, 0.3) is 0 Å². The number of esters is 4. The number of carbonyl (C=O) groups is 6. The van der Waals surface area contributed by atoms with E-state index >= 15 is 0 Å². The molecule has 2 N–H and O–H groups in total. The summed E-state index contributed by atoms with van der Waals surface area (Å²) in [5.74, 6) is -8.62. The largest absolute Gasteiger partial charge is 0.473 e. The molecule has 222 valence electrons. The van der Waals surface area contributed by atoms with Crippen LogP contribution in [0.4, 0.5) is 0 Å². The van der Waals surface area contributed by atoms with Crippen molar-refractivity contribution in [2.24, 2.45) is 0 Å². The molecule has 0 saturated carbocycles. The van der Waals surface area contributed by atoms with E-state index in [0.717, 1.165) is 0 Å². The first-order chi connectivity index (χ1) is 19.2. The Hall–Kier alpha value is -3.42. The number of aliphatic carboxylic acids is 1. The van der Waals surface area contributed by atoms with Crippen molar-refractivity contribution in [2.45, 2.75) is 61.7 Å². The molecule has 8 atom stereocenters. The van der Waals surface area contributed by atoms with Crippen LogP contribution in [0, 0.1) is 0 Å². The van der Waals surface area contributed by atoms with Gasteiger partial charge in [0.15, 0.2) is 18.3 Å². The molecule has 0 amide bonds. The highest BCUT2D eigenvalue weighted by Crippen LogP contribution is 2.31.